The molecule has 0 radical (unpaired) electrons. The van der Waals surface area contributed by atoms with E-state index in [2.05, 4.69) is 15.5 Å². The number of hydrogen-bond acceptors (Lipinski definition) is 5. The van der Waals surface area contributed by atoms with E-state index in [0.29, 0.717) is 29.5 Å². The van der Waals surface area contributed by atoms with Crippen LogP contribution in [0, 0.1) is 12.8 Å². The average Bonchev–Trinajstić information content (AvgIpc) is 3.37. The highest BCUT2D eigenvalue weighted by Gasteiger charge is 2.35. The first-order valence-electron chi connectivity index (χ1n) is 10.0. The number of hydrogen-bond donors (Lipinski definition) is 1. The van der Waals surface area contributed by atoms with Gasteiger partial charge in [-0.1, -0.05) is 49.3 Å². The summed E-state index contributed by atoms with van der Waals surface area (Å²) < 4.78 is 5.43. The molecule has 0 spiro atoms. The van der Waals surface area contributed by atoms with Gasteiger partial charge >= 0.3 is 0 Å². The first-order valence-corrected chi connectivity index (χ1v) is 10.0. The van der Waals surface area contributed by atoms with E-state index in [9.17, 15) is 9.59 Å². The van der Waals surface area contributed by atoms with Crippen molar-refractivity contribution in [1.82, 2.24) is 10.1 Å². The quantitative estimate of drug-likeness (QED) is 0.690. The number of rotatable bonds is 5. The maximum atomic E-state index is 13.0. The Morgan fingerprint density at radius 2 is 1.93 bits per heavy atom. The zero-order valence-electron chi connectivity index (χ0n) is 17.3. The molecule has 0 bridgehead atoms. The van der Waals surface area contributed by atoms with Crippen LogP contribution in [-0.2, 0) is 9.59 Å². The molecule has 4 rings (SSSR count). The summed E-state index contributed by atoms with van der Waals surface area (Å²) in [5.41, 5.74) is 3.00. The van der Waals surface area contributed by atoms with Crippen molar-refractivity contribution < 1.29 is 14.1 Å². The fraction of sp³-hybridized carbons (Fsp3) is 0.304. The minimum atomic E-state index is -0.431. The first-order chi connectivity index (χ1) is 14.4. The summed E-state index contributed by atoms with van der Waals surface area (Å²) in [5, 5.41) is 7.03. The van der Waals surface area contributed by atoms with Crippen molar-refractivity contribution in [2.45, 2.75) is 33.1 Å². The van der Waals surface area contributed by atoms with Crippen LogP contribution in [0.25, 0.3) is 11.5 Å². The maximum absolute atomic E-state index is 13.0. The molecule has 1 saturated heterocycles. The normalized spacial score (nSPS) is 16.3. The van der Waals surface area contributed by atoms with Crippen LogP contribution in [0.3, 0.4) is 0 Å². The fourth-order valence-corrected chi connectivity index (χ4v) is 3.56. The van der Waals surface area contributed by atoms with Crippen LogP contribution < -0.4 is 10.2 Å². The number of amides is 2. The summed E-state index contributed by atoms with van der Waals surface area (Å²) in [6, 6.07) is 15.0. The number of carbonyl (C=O) groups excluding carboxylic acids is 2. The Balaban J connectivity index is 1.56. The SMILES string of the molecule is Cc1cccc(-c2nc(C(C)C)no2)c1NC(=O)C1CC(=O)N(c2ccccc2)C1. The van der Waals surface area contributed by atoms with Crippen molar-refractivity contribution in [1.29, 1.82) is 0 Å². The van der Waals surface area contributed by atoms with Gasteiger partial charge in [0.05, 0.1) is 17.2 Å². The van der Waals surface area contributed by atoms with Gasteiger partial charge in [0.1, 0.15) is 0 Å². The van der Waals surface area contributed by atoms with Gasteiger partial charge in [-0.05, 0) is 30.7 Å². The highest BCUT2D eigenvalue weighted by Crippen LogP contribution is 2.32. The summed E-state index contributed by atoms with van der Waals surface area (Å²) >= 11 is 0. The summed E-state index contributed by atoms with van der Waals surface area (Å²) in [6.45, 7) is 6.25. The Bertz CT molecular complexity index is 1080. The van der Waals surface area contributed by atoms with E-state index in [-0.39, 0.29) is 24.2 Å². The molecule has 2 aromatic carbocycles. The van der Waals surface area contributed by atoms with Crippen LogP contribution in [0.4, 0.5) is 11.4 Å². The summed E-state index contributed by atoms with van der Waals surface area (Å²) in [5.74, 6) is 0.443. The zero-order valence-corrected chi connectivity index (χ0v) is 17.3. The molecule has 1 fully saturated rings. The van der Waals surface area contributed by atoms with E-state index in [4.69, 9.17) is 4.52 Å². The summed E-state index contributed by atoms with van der Waals surface area (Å²) in [6.07, 6.45) is 0.181. The van der Waals surface area contributed by atoms with E-state index in [1.165, 1.54) is 0 Å². The Kier molecular flexibility index (Phi) is 5.35. The molecule has 1 aliphatic heterocycles. The number of anilines is 2. The second-order valence-corrected chi connectivity index (χ2v) is 7.84. The molecule has 0 aliphatic carbocycles. The lowest BCUT2D eigenvalue weighted by molar-refractivity contribution is -0.122. The summed E-state index contributed by atoms with van der Waals surface area (Å²) in [4.78, 5) is 31.6. The van der Waals surface area contributed by atoms with Crippen LogP contribution in [0.5, 0.6) is 0 Å². The van der Waals surface area contributed by atoms with Gasteiger partial charge in [-0.15, -0.1) is 0 Å². The van der Waals surface area contributed by atoms with Gasteiger partial charge in [0.25, 0.3) is 5.89 Å². The lowest BCUT2D eigenvalue weighted by atomic mass is 10.0. The lowest BCUT2D eigenvalue weighted by Crippen LogP contribution is -2.28. The van der Waals surface area contributed by atoms with Gasteiger partial charge in [0.2, 0.25) is 11.8 Å². The molecule has 154 valence electrons. The number of carbonyl (C=O) groups is 2. The van der Waals surface area contributed by atoms with Crippen molar-refractivity contribution in [3.05, 3.63) is 59.9 Å². The molecule has 1 unspecified atom stereocenters. The van der Waals surface area contributed by atoms with Gasteiger partial charge in [-0.3, -0.25) is 9.59 Å². The van der Waals surface area contributed by atoms with Crippen molar-refractivity contribution in [2.75, 3.05) is 16.8 Å². The van der Waals surface area contributed by atoms with E-state index in [1.807, 2.05) is 69.3 Å². The predicted molar refractivity (Wildman–Crippen MR) is 114 cm³/mol. The highest BCUT2D eigenvalue weighted by atomic mass is 16.5. The van der Waals surface area contributed by atoms with Crippen LogP contribution in [-0.4, -0.2) is 28.5 Å². The van der Waals surface area contributed by atoms with Crippen LogP contribution in [0.15, 0.2) is 53.1 Å². The van der Waals surface area contributed by atoms with E-state index >= 15 is 0 Å². The summed E-state index contributed by atoms with van der Waals surface area (Å²) in [7, 11) is 0. The topological polar surface area (TPSA) is 88.3 Å². The number of nitrogens with zero attached hydrogens (tertiary/aromatic N) is 3. The molecule has 3 aromatic rings. The molecule has 0 saturated carbocycles. The highest BCUT2D eigenvalue weighted by molar-refractivity contribution is 6.04. The van der Waals surface area contributed by atoms with E-state index < -0.39 is 5.92 Å². The molecule has 30 heavy (non-hydrogen) atoms. The van der Waals surface area contributed by atoms with Crippen molar-refractivity contribution in [3.63, 3.8) is 0 Å². The minimum Gasteiger partial charge on any atom is -0.334 e. The van der Waals surface area contributed by atoms with Crippen molar-refractivity contribution >= 4 is 23.2 Å². The molecule has 7 heteroatoms. The van der Waals surface area contributed by atoms with E-state index in [1.54, 1.807) is 4.90 Å². The molecule has 1 N–H and O–H groups in total. The molecular weight excluding hydrogens is 380 g/mol. The molecule has 7 nitrogen and oxygen atoms in total. The van der Waals surface area contributed by atoms with Crippen LogP contribution >= 0.6 is 0 Å². The molecule has 2 amide bonds. The van der Waals surface area contributed by atoms with Crippen LogP contribution in [0.2, 0.25) is 0 Å². The molecule has 1 aliphatic rings. The largest absolute Gasteiger partial charge is 0.334 e. The van der Waals surface area contributed by atoms with E-state index in [0.717, 1.165) is 11.3 Å². The zero-order chi connectivity index (χ0) is 21.3. The van der Waals surface area contributed by atoms with Gasteiger partial charge in [0.15, 0.2) is 5.82 Å². The number of para-hydroxylation sites is 2. The van der Waals surface area contributed by atoms with Gasteiger partial charge < -0.3 is 14.7 Å². The second-order valence-electron chi connectivity index (χ2n) is 7.84. The number of benzene rings is 2. The Hall–Kier alpha value is -3.48. The first kappa shape index (κ1) is 19.8. The number of nitrogens with one attached hydrogen (secondary N) is 1. The average molecular weight is 404 g/mol. The Morgan fingerprint density at radius 1 is 1.17 bits per heavy atom. The minimum absolute atomic E-state index is 0.0511. The maximum Gasteiger partial charge on any atom is 0.260 e. The smallest absolute Gasteiger partial charge is 0.260 e. The van der Waals surface area contributed by atoms with Gasteiger partial charge in [-0.25, -0.2) is 0 Å². The monoisotopic (exact) mass is 404 g/mol. The third-order valence-corrected chi connectivity index (χ3v) is 5.27. The number of aryl methyl sites for hydroxylation is 1. The standard InChI is InChI=1S/C23H24N4O3/c1-14(2)21-25-23(30-26-21)18-11-7-8-15(3)20(18)24-22(29)16-12-19(28)27(13-16)17-9-5-4-6-10-17/h4-11,14,16H,12-13H2,1-3H3,(H,24,29). The molecule has 2 heterocycles. The molecular formula is C23H24N4O3. The van der Waals surface area contributed by atoms with Crippen LogP contribution in [0.1, 0.15) is 37.6 Å². The van der Waals surface area contributed by atoms with Crippen molar-refractivity contribution in [2.24, 2.45) is 5.92 Å². The Labute approximate surface area is 175 Å². The van der Waals surface area contributed by atoms with Gasteiger partial charge in [0, 0.05) is 24.6 Å². The number of aromatic nitrogens is 2. The predicted octanol–water partition coefficient (Wildman–Crippen LogP) is 4.16. The van der Waals surface area contributed by atoms with Crippen molar-refractivity contribution in [3.8, 4) is 11.5 Å². The lowest BCUT2D eigenvalue weighted by Gasteiger charge is -2.17. The third-order valence-electron chi connectivity index (χ3n) is 5.27. The molecule has 1 atom stereocenters. The fourth-order valence-electron chi connectivity index (χ4n) is 3.56. The molecule has 1 aromatic heterocycles. The van der Waals surface area contributed by atoms with Gasteiger partial charge in [-0.2, -0.15) is 4.98 Å². The third kappa shape index (κ3) is 3.83. The Morgan fingerprint density at radius 3 is 2.63 bits per heavy atom. The second kappa shape index (κ2) is 8.10.